The lowest BCUT2D eigenvalue weighted by Gasteiger charge is -2.47. The quantitative estimate of drug-likeness (QED) is 0.833. The van der Waals surface area contributed by atoms with E-state index >= 15 is 0 Å². The largest absolute Gasteiger partial charge is 0.497 e. The maximum atomic E-state index is 5.86. The number of ether oxygens (including phenoxy) is 3. The second-order valence-corrected chi connectivity index (χ2v) is 5.22. The van der Waals surface area contributed by atoms with Crippen molar-refractivity contribution in [3.8, 4) is 11.5 Å². The van der Waals surface area contributed by atoms with E-state index in [4.69, 9.17) is 14.2 Å². The highest BCUT2D eigenvalue weighted by Crippen LogP contribution is 2.47. The number of benzene rings is 1. The normalized spacial score (nSPS) is 18.2. The molecule has 1 fully saturated rings. The maximum Gasteiger partial charge on any atom is 0.124 e. The van der Waals surface area contributed by atoms with Crippen molar-refractivity contribution in [3.63, 3.8) is 0 Å². The third kappa shape index (κ3) is 2.63. The minimum Gasteiger partial charge on any atom is -0.497 e. The standard InChI is InChI=1S/C16H25NO3/c1-5-17-15(16(20-4)9-6-10-16)13-11-12(18-2)7-8-14(13)19-3/h7-8,11,15,17H,5-6,9-10H2,1-4H3. The topological polar surface area (TPSA) is 39.7 Å². The van der Waals surface area contributed by atoms with Gasteiger partial charge in [-0.2, -0.15) is 0 Å². The van der Waals surface area contributed by atoms with Crippen LogP contribution < -0.4 is 14.8 Å². The fourth-order valence-electron chi connectivity index (χ4n) is 2.98. The number of nitrogens with one attached hydrogen (secondary N) is 1. The molecule has 0 aromatic heterocycles. The Morgan fingerprint density at radius 2 is 1.95 bits per heavy atom. The number of hydrogen-bond donors (Lipinski definition) is 1. The Morgan fingerprint density at radius 3 is 2.40 bits per heavy atom. The molecular weight excluding hydrogens is 254 g/mol. The number of methoxy groups -OCH3 is 3. The van der Waals surface area contributed by atoms with Gasteiger partial charge in [0.05, 0.1) is 25.9 Å². The van der Waals surface area contributed by atoms with Crippen molar-refractivity contribution in [3.05, 3.63) is 23.8 Å². The summed E-state index contributed by atoms with van der Waals surface area (Å²) in [5.41, 5.74) is 0.977. The third-order valence-electron chi connectivity index (χ3n) is 4.29. The molecule has 0 amide bonds. The van der Waals surface area contributed by atoms with Crippen LogP contribution in [0.4, 0.5) is 0 Å². The molecular formula is C16H25NO3. The van der Waals surface area contributed by atoms with E-state index in [1.807, 2.05) is 18.2 Å². The highest BCUT2D eigenvalue weighted by molar-refractivity contribution is 5.44. The lowest BCUT2D eigenvalue weighted by molar-refractivity contribution is -0.0998. The van der Waals surface area contributed by atoms with E-state index in [1.54, 1.807) is 21.3 Å². The van der Waals surface area contributed by atoms with Gasteiger partial charge in [0.1, 0.15) is 11.5 Å². The molecule has 2 rings (SSSR count). The second-order valence-electron chi connectivity index (χ2n) is 5.22. The minimum absolute atomic E-state index is 0.122. The van der Waals surface area contributed by atoms with Crippen LogP contribution in [0.3, 0.4) is 0 Å². The average Bonchev–Trinajstić information content (AvgIpc) is 2.45. The molecule has 0 aliphatic heterocycles. The monoisotopic (exact) mass is 279 g/mol. The summed E-state index contributed by atoms with van der Waals surface area (Å²) >= 11 is 0. The smallest absolute Gasteiger partial charge is 0.124 e. The van der Waals surface area contributed by atoms with Crippen molar-refractivity contribution in [2.24, 2.45) is 0 Å². The lowest BCUT2D eigenvalue weighted by Crippen LogP contribution is -2.50. The third-order valence-corrected chi connectivity index (χ3v) is 4.29. The summed E-state index contributed by atoms with van der Waals surface area (Å²) in [6.07, 6.45) is 3.35. The molecule has 1 N–H and O–H groups in total. The molecule has 1 aromatic carbocycles. The Hall–Kier alpha value is -1.26. The van der Waals surface area contributed by atoms with Crippen molar-refractivity contribution in [1.29, 1.82) is 0 Å². The van der Waals surface area contributed by atoms with E-state index < -0.39 is 0 Å². The molecule has 1 aliphatic rings. The van der Waals surface area contributed by atoms with Crippen molar-refractivity contribution in [2.75, 3.05) is 27.9 Å². The molecule has 0 saturated heterocycles. The Kier molecular flexibility index (Phi) is 4.89. The average molecular weight is 279 g/mol. The van der Waals surface area contributed by atoms with Gasteiger partial charge in [-0.25, -0.2) is 0 Å². The van der Waals surface area contributed by atoms with Gasteiger partial charge in [0.15, 0.2) is 0 Å². The van der Waals surface area contributed by atoms with Crippen LogP contribution in [0.5, 0.6) is 11.5 Å². The van der Waals surface area contributed by atoms with Gasteiger partial charge in [0, 0.05) is 12.7 Å². The first-order chi connectivity index (χ1) is 9.70. The van der Waals surface area contributed by atoms with Crippen LogP contribution in [0.15, 0.2) is 18.2 Å². The first kappa shape index (κ1) is 15.1. The molecule has 1 unspecified atom stereocenters. The molecule has 20 heavy (non-hydrogen) atoms. The van der Waals surface area contributed by atoms with Crippen molar-refractivity contribution >= 4 is 0 Å². The predicted molar refractivity (Wildman–Crippen MR) is 79.6 cm³/mol. The van der Waals surface area contributed by atoms with Gasteiger partial charge < -0.3 is 19.5 Å². The molecule has 0 bridgehead atoms. The lowest BCUT2D eigenvalue weighted by atomic mass is 9.72. The Labute approximate surface area is 121 Å². The molecule has 112 valence electrons. The van der Waals surface area contributed by atoms with Crippen LogP contribution in [0.2, 0.25) is 0 Å². The summed E-state index contributed by atoms with van der Waals surface area (Å²) in [6.45, 7) is 3.00. The van der Waals surface area contributed by atoms with Gasteiger partial charge in [-0.15, -0.1) is 0 Å². The van der Waals surface area contributed by atoms with Crippen LogP contribution in [0, 0.1) is 0 Å². The van der Waals surface area contributed by atoms with Gasteiger partial charge >= 0.3 is 0 Å². The molecule has 4 nitrogen and oxygen atoms in total. The van der Waals surface area contributed by atoms with Crippen LogP contribution in [-0.4, -0.2) is 33.5 Å². The number of rotatable bonds is 7. The highest BCUT2D eigenvalue weighted by atomic mass is 16.5. The summed E-state index contributed by atoms with van der Waals surface area (Å²) in [6, 6.07) is 6.05. The molecule has 1 aromatic rings. The van der Waals surface area contributed by atoms with E-state index in [-0.39, 0.29) is 11.6 Å². The van der Waals surface area contributed by atoms with Crippen LogP contribution in [0.1, 0.15) is 37.8 Å². The number of hydrogen-bond acceptors (Lipinski definition) is 4. The van der Waals surface area contributed by atoms with Gasteiger partial charge in [-0.1, -0.05) is 6.92 Å². The van der Waals surface area contributed by atoms with E-state index in [0.29, 0.717) is 0 Å². The Bertz CT molecular complexity index is 438. The van der Waals surface area contributed by atoms with Gasteiger partial charge in [0.2, 0.25) is 0 Å². The number of likely N-dealkylation sites (N-methyl/N-ethyl adjacent to an activating group) is 1. The summed E-state index contributed by atoms with van der Waals surface area (Å²) < 4.78 is 16.7. The van der Waals surface area contributed by atoms with E-state index in [0.717, 1.165) is 36.4 Å². The van der Waals surface area contributed by atoms with E-state index in [1.165, 1.54) is 6.42 Å². The molecule has 1 saturated carbocycles. The van der Waals surface area contributed by atoms with E-state index in [2.05, 4.69) is 12.2 Å². The Morgan fingerprint density at radius 1 is 1.20 bits per heavy atom. The predicted octanol–water partition coefficient (Wildman–Crippen LogP) is 2.92. The van der Waals surface area contributed by atoms with Gasteiger partial charge in [-0.05, 0) is 44.0 Å². The minimum atomic E-state index is -0.129. The van der Waals surface area contributed by atoms with Gasteiger partial charge in [-0.3, -0.25) is 0 Å². The van der Waals surface area contributed by atoms with Crippen LogP contribution in [-0.2, 0) is 4.74 Å². The van der Waals surface area contributed by atoms with Crippen molar-refractivity contribution in [2.45, 2.75) is 37.8 Å². The first-order valence-corrected chi connectivity index (χ1v) is 7.21. The fourth-order valence-corrected chi connectivity index (χ4v) is 2.98. The second kappa shape index (κ2) is 6.46. The van der Waals surface area contributed by atoms with Crippen LogP contribution in [0.25, 0.3) is 0 Å². The summed E-state index contributed by atoms with van der Waals surface area (Å²) in [7, 11) is 5.19. The zero-order valence-electron chi connectivity index (χ0n) is 12.9. The molecule has 1 atom stereocenters. The summed E-state index contributed by atoms with van der Waals surface area (Å²) in [5.74, 6) is 1.72. The van der Waals surface area contributed by atoms with Crippen LogP contribution >= 0.6 is 0 Å². The molecule has 0 heterocycles. The first-order valence-electron chi connectivity index (χ1n) is 7.21. The highest BCUT2D eigenvalue weighted by Gasteiger charge is 2.45. The van der Waals surface area contributed by atoms with Crippen molar-refractivity contribution < 1.29 is 14.2 Å². The fraction of sp³-hybridized carbons (Fsp3) is 0.625. The Balaban J connectivity index is 2.42. The molecule has 0 radical (unpaired) electrons. The summed E-state index contributed by atoms with van der Waals surface area (Å²) in [5, 5.41) is 3.56. The zero-order valence-corrected chi connectivity index (χ0v) is 12.9. The van der Waals surface area contributed by atoms with Gasteiger partial charge in [0.25, 0.3) is 0 Å². The SMILES string of the molecule is CCNC(c1cc(OC)ccc1OC)C1(OC)CCC1. The maximum absolute atomic E-state index is 5.86. The van der Waals surface area contributed by atoms with E-state index in [9.17, 15) is 0 Å². The summed E-state index contributed by atoms with van der Waals surface area (Å²) in [4.78, 5) is 0. The zero-order chi connectivity index (χ0) is 14.6. The molecule has 4 heteroatoms. The molecule has 1 aliphatic carbocycles. The molecule has 0 spiro atoms. The van der Waals surface area contributed by atoms with Crippen molar-refractivity contribution in [1.82, 2.24) is 5.32 Å².